The molecule has 0 bridgehead atoms. The third-order valence-corrected chi connectivity index (χ3v) is 2.90. The van der Waals surface area contributed by atoms with E-state index < -0.39 is 0 Å². The summed E-state index contributed by atoms with van der Waals surface area (Å²) in [6.45, 7) is 6.10. The lowest BCUT2D eigenvalue weighted by molar-refractivity contribution is 0.0938. The largest absolute Gasteiger partial charge is 0.399 e. The average Bonchev–Trinajstić information content (AvgIpc) is 2.30. The Hall–Kier alpha value is -1.51. The van der Waals surface area contributed by atoms with Crippen LogP contribution >= 0.6 is 0 Å². The molecule has 94 valence electrons. The zero-order chi connectivity index (χ0) is 12.8. The van der Waals surface area contributed by atoms with Gasteiger partial charge in [-0.1, -0.05) is 19.8 Å². The second kappa shape index (κ2) is 6.28. The number of unbranched alkanes of at least 4 members (excludes halogenated alkanes) is 1. The third-order valence-electron chi connectivity index (χ3n) is 2.90. The number of hydrogen-bond acceptors (Lipinski definition) is 2. The van der Waals surface area contributed by atoms with Gasteiger partial charge in [-0.05, 0) is 44.0 Å². The maximum Gasteiger partial charge on any atom is 0.251 e. The number of benzene rings is 1. The fourth-order valence-electron chi connectivity index (χ4n) is 1.71. The van der Waals surface area contributed by atoms with Gasteiger partial charge in [0.25, 0.3) is 5.91 Å². The molecule has 1 rings (SSSR count). The Bertz CT molecular complexity index is 388. The number of carbonyl (C=O) groups excluding carboxylic acids is 1. The molecule has 1 aromatic carbocycles. The Balaban J connectivity index is 2.60. The number of amides is 1. The standard InChI is InChI=1S/C14H22N2O/c1-4-5-6-11(3)16-14(17)12-7-8-13(15)10(2)9-12/h7-9,11H,4-6,15H2,1-3H3,(H,16,17). The zero-order valence-electron chi connectivity index (χ0n) is 10.9. The van der Waals surface area contributed by atoms with Crippen molar-refractivity contribution in [2.75, 3.05) is 5.73 Å². The number of nitrogen functional groups attached to an aromatic ring is 1. The molecule has 1 unspecified atom stereocenters. The van der Waals surface area contributed by atoms with E-state index in [2.05, 4.69) is 12.2 Å². The quantitative estimate of drug-likeness (QED) is 0.770. The Morgan fingerprint density at radius 2 is 2.18 bits per heavy atom. The Morgan fingerprint density at radius 1 is 1.47 bits per heavy atom. The van der Waals surface area contributed by atoms with Crippen molar-refractivity contribution in [3.05, 3.63) is 29.3 Å². The van der Waals surface area contributed by atoms with Gasteiger partial charge >= 0.3 is 0 Å². The maximum absolute atomic E-state index is 11.9. The van der Waals surface area contributed by atoms with Crippen molar-refractivity contribution in [3.8, 4) is 0 Å². The molecule has 1 atom stereocenters. The van der Waals surface area contributed by atoms with Crippen LogP contribution in [0, 0.1) is 6.92 Å². The monoisotopic (exact) mass is 234 g/mol. The summed E-state index contributed by atoms with van der Waals surface area (Å²) in [6, 6.07) is 5.60. The predicted molar refractivity (Wildman–Crippen MR) is 72.0 cm³/mol. The van der Waals surface area contributed by atoms with Crippen molar-refractivity contribution in [2.24, 2.45) is 0 Å². The first-order valence-corrected chi connectivity index (χ1v) is 6.21. The van der Waals surface area contributed by atoms with Crippen LogP contribution in [-0.2, 0) is 0 Å². The van der Waals surface area contributed by atoms with E-state index in [9.17, 15) is 4.79 Å². The topological polar surface area (TPSA) is 55.1 Å². The molecule has 1 aromatic rings. The molecule has 0 spiro atoms. The number of rotatable bonds is 5. The molecular weight excluding hydrogens is 212 g/mol. The second-order valence-electron chi connectivity index (χ2n) is 4.59. The van der Waals surface area contributed by atoms with Gasteiger partial charge in [-0.25, -0.2) is 0 Å². The molecule has 0 radical (unpaired) electrons. The van der Waals surface area contributed by atoms with Gasteiger partial charge in [0.2, 0.25) is 0 Å². The van der Waals surface area contributed by atoms with E-state index in [1.165, 1.54) is 0 Å². The average molecular weight is 234 g/mol. The van der Waals surface area contributed by atoms with Crippen LogP contribution in [0.4, 0.5) is 5.69 Å². The summed E-state index contributed by atoms with van der Waals surface area (Å²) in [5, 5.41) is 3.00. The molecule has 0 saturated carbocycles. The second-order valence-corrected chi connectivity index (χ2v) is 4.59. The van der Waals surface area contributed by atoms with E-state index in [-0.39, 0.29) is 11.9 Å². The minimum absolute atomic E-state index is 0.0169. The van der Waals surface area contributed by atoms with Gasteiger partial charge in [0.1, 0.15) is 0 Å². The SMILES string of the molecule is CCCCC(C)NC(=O)c1ccc(N)c(C)c1. The molecule has 0 aliphatic rings. The molecule has 3 N–H and O–H groups in total. The molecule has 3 heteroatoms. The van der Waals surface area contributed by atoms with E-state index in [0.29, 0.717) is 5.56 Å². The smallest absolute Gasteiger partial charge is 0.251 e. The maximum atomic E-state index is 11.9. The van der Waals surface area contributed by atoms with Gasteiger partial charge < -0.3 is 11.1 Å². The Kier molecular flexibility index (Phi) is 5.01. The summed E-state index contributed by atoms with van der Waals surface area (Å²) in [4.78, 5) is 11.9. The van der Waals surface area contributed by atoms with Crippen LogP contribution in [0.15, 0.2) is 18.2 Å². The lowest BCUT2D eigenvalue weighted by Gasteiger charge is -2.13. The first-order valence-electron chi connectivity index (χ1n) is 6.21. The highest BCUT2D eigenvalue weighted by molar-refractivity contribution is 5.95. The van der Waals surface area contributed by atoms with E-state index in [1.807, 2.05) is 19.9 Å². The highest BCUT2D eigenvalue weighted by atomic mass is 16.1. The van der Waals surface area contributed by atoms with Crippen molar-refractivity contribution in [1.82, 2.24) is 5.32 Å². The molecule has 3 nitrogen and oxygen atoms in total. The third kappa shape index (κ3) is 4.10. The van der Waals surface area contributed by atoms with Crippen LogP contribution in [0.2, 0.25) is 0 Å². The molecule has 1 amide bonds. The van der Waals surface area contributed by atoms with Crippen LogP contribution in [0.5, 0.6) is 0 Å². The molecule has 17 heavy (non-hydrogen) atoms. The summed E-state index contributed by atoms with van der Waals surface area (Å²) >= 11 is 0. The molecule has 0 aliphatic heterocycles. The fraction of sp³-hybridized carbons (Fsp3) is 0.500. The van der Waals surface area contributed by atoms with E-state index >= 15 is 0 Å². The normalized spacial score (nSPS) is 12.2. The van der Waals surface area contributed by atoms with Crippen LogP contribution in [0.25, 0.3) is 0 Å². The molecule has 0 fully saturated rings. The van der Waals surface area contributed by atoms with Crippen molar-refractivity contribution in [1.29, 1.82) is 0 Å². The Morgan fingerprint density at radius 3 is 2.76 bits per heavy atom. The number of anilines is 1. The molecule has 0 saturated heterocycles. The van der Waals surface area contributed by atoms with Gasteiger partial charge in [-0.3, -0.25) is 4.79 Å². The van der Waals surface area contributed by atoms with Crippen molar-refractivity contribution in [3.63, 3.8) is 0 Å². The lowest BCUT2D eigenvalue weighted by atomic mass is 10.1. The van der Waals surface area contributed by atoms with Crippen molar-refractivity contribution < 1.29 is 4.79 Å². The number of nitrogens with one attached hydrogen (secondary N) is 1. The predicted octanol–water partition coefficient (Wildman–Crippen LogP) is 2.89. The van der Waals surface area contributed by atoms with Gasteiger partial charge in [0.05, 0.1) is 0 Å². The highest BCUT2D eigenvalue weighted by Crippen LogP contribution is 2.13. The van der Waals surface area contributed by atoms with Gasteiger partial charge in [0.15, 0.2) is 0 Å². The van der Waals surface area contributed by atoms with Gasteiger partial charge in [-0.15, -0.1) is 0 Å². The fourth-order valence-corrected chi connectivity index (χ4v) is 1.71. The minimum atomic E-state index is -0.0169. The van der Waals surface area contributed by atoms with Gasteiger partial charge in [-0.2, -0.15) is 0 Å². The number of hydrogen-bond donors (Lipinski definition) is 2. The first-order chi connectivity index (χ1) is 8.04. The van der Waals surface area contributed by atoms with Crippen LogP contribution < -0.4 is 11.1 Å². The summed E-state index contributed by atoms with van der Waals surface area (Å²) in [5.41, 5.74) is 8.07. The molecular formula is C14H22N2O. The summed E-state index contributed by atoms with van der Waals surface area (Å²) < 4.78 is 0. The van der Waals surface area contributed by atoms with E-state index in [0.717, 1.165) is 30.5 Å². The van der Waals surface area contributed by atoms with Gasteiger partial charge in [0, 0.05) is 17.3 Å². The van der Waals surface area contributed by atoms with Crippen LogP contribution in [-0.4, -0.2) is 11.9 Å². The van der Waals surface area contributed by atoms with Crippen LogP contribution in [0.1, 0.15) is 49.0 Å². The minimum Gasteiger partial charge on any atom is -0.399 e. The Labute approximate surface area is 103 Å². The summed E-state index contributed by atoms with van der Waals surface area (Å²) in [7, 11) is 0. The summed E-state index contributed by atoms with van der Waals surface area (Å²) in [5.74, 6) is -0.0169. The van der Waals surface area contributed by atoms with Crippen molar-refractivity contribution in [2.45, 2.75) is 46.1 Å². The van der Waals surface area contributed by atoms with E-state index in [4.69, 9.17) is 5.73 Å². The zero-order valence-corrected chi connectivity index (χ0v) is 10.9. The molecule has 0 aliphatic carbocycles. The van der Waals surface area contributed by atoms with E-state index in [1.54, 1.807) is 12.1 Å². The molecule has 0 aromatic heterocycles. The number of carbonyl (C=O) groups is 1. The summed E-state index contributed by atoms with van der Waals surface area (Å²) in [6.07, 6.45) is 3.32. The highest BCUT2D eigenvalue weighted by Gasteiger charge is 2.09. The van der Waals surface area contributed by atoms with Crippen LogP contribution in [0.3, 0.4) is 0 Å². The number of nitrogens with two attached hydrogens (primary N) is 1. The molecule has 0 heterocycles. The van der Waals surface area contributed by atoms with Crippen molar-refractivity contribution >= 4 is 11.6 Å². The lowest BCUT2D eigenvalue weighted by Crippen LogP contribution is -2.32. The number of aryl methyl sites for hydroxylation is 1. The first kappa shape index (κ1) is 13.6.